The van der Waals surface area contributed by atoms with Crippen LogP contribution in [0, 0.1) is 40.4 Å². The summed E-state index contributed by atoms with van der Waals surface area (Å²) in [6.45, 7) is 8.53. The molecule has 29 nitrogen and oxygen atoms in total. The minimum atomic E-state index is -1.95. The lowest BCUT2D eigenvalue weighted by Crippen LogP contribution is -2.67. The smallest absolute Gasteiger partial charge is 0.203 e. The van der Waals surface area contributed by atoms with Crippen LogP contribution in [0.2, 0.25) is 0 Å². The maximum absolute atomic E-state index is 12.7. The monoisotopic (exact) mass is 1220 g/mol. The van der Waals surface area contributed by atoms with E-state index in [-0.39, 0.29) is 49.4 Å². The Hall–Kier alpha value is -1.68. The zero-order valence-electron chi connectivity index (χ0n) is 47.7. The molecule has 7 aliphatic heterocycles. The predicted octanol–water partition coefficient (Wildman–Crippen LogP) is -6.67. The summed E-state index contributed by atoms with van der Waals surface area (Å²) in [5.41, 5.74) is -0.440. The molecule has 85 heavy (non-hydrogen) atoms. The van der Waals surface area contributed by atoms with Crippen LogP contribution in [-0.4, -0.2) is 304 Å². The normalized spacial score (nSPS) is 57.1. The molecule has 1 spiro atoms. The van der Waals surface area contributed by atoms with E-state index in [1.807, 2.05) is 6.92 Å². The summed E-state index contributed by atoms with van der Waals surface area (Å²) >= 11 is 0. The van der Waals surface area contributed by atoms with E-state index < -0.39 is 226 Å². The van der Waals surface area contributed by atoms with Crippen LogP contribution >= 0.6 is 0 Å². The third-order valence-electron chi connectivity index (χ3n) is 21.4. The summed E-state index contributed by atoms with van der Waals surface area (Å²) in [4.78, 5) is 0. The van der Waals surface area contributed by atoms with Crippen LogP contribution in [0.4, 0.5) is 0 Å². The second kappa shape index (κ2) is 24.7. The van der Waals surface area contributed by atoms with Gasteiger partial charge < -0.3 is 144 Å². The number of hydrogen-bond donors (Lipinski definition) is 17. The van der Waals surface area contributed by atoms with Gasteiger partial charge in [-0.15, -0.1) is 0 Å². The molecule has 29 heteroatoms. The third kappa shape index (κ3) is 10.9. The Morgan fingerprint density at radius 1 is 0.612 bits per heavy atom. The van der Waals surface area contributed by atoms with Gasteiger partial charge in [0.25, 0.3) is 0 Å². The van der Waals surface area contributed by atoms with Crippen molar-refractivity contribution < 1.29 is 144 Å². The lowest BCUT2D eigenvalue weighted by molar-refractivity contribution is -0.393. The second-order valence-corrected chi connectivity index (χ2v) is 26.1. The standard InChI is InChI=1S/C56H88O29/c1-18-15-76-56(48(73)45(18)82-51-43(71)38(66)33(61)19(2)77-51)26(16-74-49-42(70)40(68)36(64)29(13-57)79-49)32-28(85-56)12-25-23-7-6-21-10-22(59)11-31(55(21,5)24(23)8-9-54(25,32)4)81-53-47(84-52-44(72)39(67)34(62)20(3)78-52)46(37(65)30(14-58)80-53)83-50-41(69)35(63)27(60)17-75-50/h6,19-20,22-53,57-73H,1,7-17H2,2-5H3/t19-,20+,22-,23-,24+,25+,26+,27-,28+,29-,30-,31-,32+,33+,34+,35+,36+,37-,38+,39-,40+,41-,42-,43-,44-,45+,46+,47-,48+,49-,50+,51+,52+,53+,54+,55+,56+/m1/s1. The molecule has 0 bridgehead atoms. The second-order valence-electron chi connectivity index (χ2n) is 26.1. The van der Waals surface area contributed by atoms with E-state index in [1.54, 1.807) is 0 Å². The fourth-order valence-corrected chi connectivity index (χ4v) is 16.6. The number of rotatable bonds is 13. The van der Waals surface area contributed by atoms with Crippen molar-refractivity contribution in [2.75, 3.05) is 33.0 Å². The first-order valence-electron chi connectivity index (χ1n) is 29.8. The number of aliphatic hydroxyl groups excluding tert-OH is 17. The van der Waals surface area contributed by atoms with Crippen molar-refractivity contribution in [3.05, 3.63) is 23.8 Å². The molecule has 11 aliphatic rings. The zero-order chi connectivity index (χ0) is 61.3. The molecule has 0 aromatic heterocycles. The average molecular weight is 1230 g/mol. The summed E-state index contributed by atoms with van der Waals surface area (Å²) in [5, 5.41) is 186. The van der Waals surface area contributed by atoms with E-state index in [0.717, 1.165) is 5.57 Å². The minimum Gasteiger partial charge on any atom is -0.394 e. The highest BCUT2D eigenvalue weighted by atomic mass is 16.8. The summed E-state index contributed by atoms with van der Waals surface area (Å²) in [7, 11) is 0. The van der Waals surface area contributed by atoms with Gasteiger partial charge in [0.05, 0.1) is 63.6 Å². The summed E-state index contributed by atoms with van der Waals surface area (Å²) in [6.07, 6.45) is -39.9. The molecule has 17 N–H and O–H groups in total. The maximum atomic E-state index is 12.7. The molecule has 0 aromatic carbocycles. The van der Waals surface area contributed by atoms with Crippen LogP contribution in [0.15, 0.2) is 23.8 Å². The molecule has 3 saturated carbocycles. The predicted molar refractivity (Wildman–Crippen MR) is 278 cm³/mol. The van der Waals surface area contributed by atoms with Gasteiger partial charge >= 0.3 is 0 Å². The number of allylic oxidation sites excluding steroid dienone is 1. The highest BCUT2D eigenvalue weighted by Crippen LogP contribution is 2.71. The number of fused-ring (bicyclic) bond motifs is 7. The molecule has 0 radical (unpaired) electrons. The SMILES string of the molecule is C=C1CO[C@@]2(O[C@H]3C[C@H]4[C@@H]5CC=C6C[C@@H](O)C[C@@H](O[C@@H]7O[C@H](CO)[C@@H](O)[C@H](O[C@@H]8OC[C@@H](O)[C@H](O)[C@H]8O)[C@H]7O[C@@H]7O[C@@H](C)[C@H](O)[C@@H](O)[C@H]7O)[C@]6(C)[C@H]5CC[C@]4(C)[C@H]3[C@@H]2CO[C@@H]2O[C@H](CO)[C@H](O)[C@H](O)[C@H]2O)[C@@H](O)[C@H]1O[C@@H]1O[C@H](C)[C@H](O)[C@H](O)[C@H]1O. The highest BCUT2D eigenvalue weighted by Gasteiger charge is 2.74. The minimum absolute atomic E-state index is 0.0296. The average Bonchev–Trinajstić information content (AvgIpc) is 1.91. The first-order chi connectivity index (χ1) is 40.2. The zero-order valence-corrected chi connectivity index (χ0v) is 47.7. The van der Waals surface area contributed by atoms with Gasteiger partial charge in [0, 0.05) is 23.7 Å². The lowest BCUT2D eigenvalue weighted by atomic mass is 9.46. The van der Waals surface area contributed by atoms with Crippen LogP contribution in [0.1, 0.15) is 66.2 Å². The quantitative estimate of drug-likeness (QED) is 0.0762. The number of hydrogen-bond acceptors (Lipinski definition) is 29. The van der Waals surface area contributed by atoms with E-state index in [0.29, 0.717) is 25.7 Å². The Morgan fingerprint density at radius 3 is 1.86 bits per heavy atom. The highest BCUT2D eigenvalue weighted by molar-refractivity contribution is 5.29. The Bertz CT molecular complexity index is 2360. The fraction of sp³-hybridized carbons (Fsp3) is 0.929. The number of ether oxygens (including phenoxy) is 12. The molecule has 37 atom stereocenters. The summed E-state index contributed by atoms with van der Waals surface area (Å²) in [6, 6.07) is 0. The van der Waals surface area contributed by atoms with E-state index in [2.05, 4.69) is 19.6 Å². The van der Waals surface area contributed by atoms with Crippen molar-refractivity contribution in [2.45, 2.75) is 250 Å². The van der Waals surface area contributed by atoms with Crippen LogP contribution in [0.25, 0.3) is 0 Å². The van der Waals surface area contributed by atoms with E-state index in [9.17, 15) is 86.8 Å². The van der Waals surface area contributed by atoms with Crippen molar-refractivity contribution in [1.29, 1.82) is 0 Å². The van der Waals surface area contributed by atoms with E-state index >= 15 is 0 Å². The van der Waals surface area contributed by atoms with Gasteiger partial charge in [-0.2, -0.15) is 0 Å². The van der Waals surface area contributed by atoms with Crippen molar-refractivity contribution in [3.8, 4) is 0 Å². The summed E-state index contributed by atoms with van der Waals surface area (Å²) in [5.74, 6) is -3.84. The Balaban J connectivity index is 0.901. The molecular weight excluding hydrogens is 1140 g/mol. The maximum Gasteiger partial charge on any atom is 0.203 e. The van der Waals surface area contributed by atoms with Crippen molar-refractivity contribution in [2.24, 2.45) is 40.4 Å². The summed E-state index contributed by atoms with van der Waals surface area (Å²) < 4.78 is 75.2. The van der Waals surface area contributed by atoms with Gasteiger partial charge in [0.15, 0.2) is 31.5 Å². The molecule has 486 valence electrons. The lowest BCUT2D eigenvalue weighted by Gasteiger charge is -2.61. The largest absolute Gasteiger partial charge is 0.394 e. The Morgan fingerprint density at radius 2 is 1.20 bits per heavy atom. The van der Waals surface area contributed by atoms with Gasteiger partial charge in [0.1, 0.15) is 116 Å². The topological polar surface area (TPSA) is 455 Å². The molecular formula is C56H88O29. The third-order valence-corrected chi connectivity index (χ3v) is 21.4. The van der Waals surface area contributed by atoms with Crippen molar-refractivity contribution >= 4 is 0 Å². The molecule has 7 saturated heterocycles. The van der Waals surface area contributed by atoms with Gasteiger partial charge in [-0.05, 0) is 74.7 Å². The van der Waals surface area contributed by atoms with Crippen LogP contribution < -0.4 is 0 Å². The van der Waals surface area contributed by atoms with Gasteiger partial charge in [-0.3, -0.25) is 0 Å². The van der Waals surface area contributed by atoms with Crippen LogP contribution in [0.5, 0.6) is 0 Å². The van der Waals surface area contributed by atoms with Gasteiger partial charge in [0.2, 0.25) is 5.79 Å². The molecule has 0 unspecified atom stereocenters. The van der Waals surface area contributed by atoms with Crippen molar-refractivity contribution in [3.63, 3.8) is 0 Å². The van der Waals surface area contributed by atoms with Crippen LogP contribution in [-0.2, 0) is 56.8 Å². The number of aliphatic hydroxyl groups is 17. The molecule has 4 aliphatic carbocycles. The Kier molecular flexibility index (Phi) is 18.9. The van der Waals surface area contributed by atoms with E-state index in [1.165, 1.54) is 13.8 Å². The molecule has 0 amide bonds. The van der Waals surface area contributed by atoms with Gasteiger partial charge in [-0.1, -0.05) is 32.1 Å². The molecule has 7 heterocycles. The first-order valence-corrected chi connectivity index (χ1v) is 29.8. The molecule has 0 aromatic rings. The fourth-order valence-electron chi connectivity index (χ4n) is 16.6. The first kappa shape index (κ1) is 64.8. The van der Waals surface area contributed by atoms with Gasteiger partial charge in [-0.25, -0.2) is 0 Å². The van der Waals surface area contributed by atoms with Crippen LogP contribution in [0.3, 0.4) is 0 Å². The molecule has 10 fully saturated rings. The molecule has 11 rings (SSSR count). The van der Waals surface area contributed by atoms with E-state index in [4.69, 9.17) is 56.8 Å². The van der Waals surface area contributed by atoms with Crippen molar-refractivity contribution in [1.82, 2.24) is 0 Å². The Labute approximate surface area is 489 Å².